The molecule has 0 atom stereocenters. The number of anilines is 1. The molecule has 0 spiro atoms. The Morgan fingerprint density at radius 3 is 2.32 bits per heavy atom. The first-order valence-electron chi connectivity index (χ1n) is 12.8. The minimum atomic E-state index is -0.595. The largest absolute Gasteiger partial charge is 0.462 e. The van der Waals surface area contributed by atoms with Crippen LogP contribution in [0.25, 0.3) is 10.9 Å². The molecular formula is C30H32N2O5S. The Labute approximate surface area is 226 Å². The Morgan fingerprint density at radius 1 is 0.895 bits per heavy atom. The second-order valence-corrected chi connectivity index (χ2v) is 10.0. The molecule has 0 aliphatic heterocycles. The van der Waals surface area contributed by atoms with Crippen LogP contribution in [-0.4, -0.2) is 29.0 Å². The minimum absolute atomic E-state index is 0.101. The first-order chi connectivity index (χ1) is 18.4. The molecule has 0 fully saturated rings. The third-order valence-electron chi connectivity index (χ3n) is 6.43. The summed E-state index contributed by atoms with van der Waals surface area (Å²) >= 11 is 1.03. The van der Waals surface area contributed by atoms with Crippen molar-refractivity contribution < 1.29 is 23.9 Å². The van der Waals surface area contributed by atoms with Crippen LogP contribution < -0.4 is 5.32 Å². The first kappa shape index (κ1) is 27.1. The molecule has 2 heterocycles. The molecule has 0 aliphatic rings. The summed E-state index contributed by atoms with van der Waals surface area (Å²) in [6.07, 6.45) is 1.90. The summed E-state index contributed by atoms with van der Waals surface area (Å²) in [5, 5.41) is 4.20. The molecule has 0 saturated carbocycles. The summed E-state index contributed by atoms with van der Waals surface area (Å²) < 4.78 is 12.8. The van der Waals surface area contributed by atoms with Crippen molar-refractivity contribution in [3.05, 3.63) is 87.4 Å². The molecule has 0 unspecified atom stereocenters. The summed E-state index contributed by atoms with van der Waals surface area (Å²) in [5.74, 6) is -1.50. The van der Waals surface area contributed by atoms with Gasteiger partial charge in [0.25, 0.3) is 5.91 Å². The molecule has 198 valence electrons. The molecule has 0 bridgehead atoms. The van der Waals surface area contributed by atoms with E-state index in [2.05, 4.69) is 12.2 Å². The Hall–Kier alpha value is -3.91. The van der Waals surface area contributed by atoms with Crippen LogP contribution in [-0.2, 0) is 22.6 Å². The number of amides is 1. The van der Waals surface area contributed by atoms with Gasteiger partial charge in [0.1, 0.15) is 22.2 Å². The van der Waals surface area contributed by atoms with Crippen molar-refractivity contribution in [2.24, 2.45) is 0 Å². The maximum Gasteiger partial charge on any atom is 0.349 e. The van der Waals surface area contributed by atoms with Crippen LogP contribution in [0.2, 0.25) is 0 Å². The van der Waals surface area contributed by atoms with Crippen LogP contribution in [0.1, 0.15) is 73.9 Å². The molecule has 2 aromatic carbocycles. The molecule has 0 radical (unpaired) electrons. The van der Waals surface area contributed by atoms with Crippen molar-refractivity contribution in [2.45, 2.75) is 53.7 Å². The molecule has 0 saturated heterocycles. The fraction of sp³-hybridized carbons (Fsp3) is 0.300. The number of carbonyl (C=O) groups excluding carboxylic acids is 3. The highest BCUT2D eigenvalue weighted by Gasteiger charge is 2.29. The average Bonchev–Trinajstić information content (AvgIpc) is 3.40. The number of fused-ring (bicyclic) bond motifs is 1. The Kier molecular flexibility index (Phi) is 8.63. The van der Waals surface area contributed by atoms with E-state index < -0.39 is 11.9 Å². The summed E-state index contributed by atoms with van der Waals surface area (Å²) in [6, 6.07) is 17.3. The van der Waals surface area contributed by atoms with Crippen molar-refractivity contribution in [1.82, 2.24) is 4.57 Å². The molecule has 38 heavy (non-hydrogen) atoms. The zero-order chi connectivity index (χ0) is 27.2. The van der Waals surface area contributed by atoms with E-state index in [9.17, 15) is 14.4 Å². The number of unbranched alkanes of at least 4 members (excludes halogenated alkanes) is 1. The van der Waals surface area contributed by atoms with Crippen LogP contribution >= 0.6 is 11.3 Å². The number of hydrogen-bond donors (Lipinski definition) is 1. The Bertz CT molecular complexity index is 1470. The van der Waals surface area contributed by atoms with Gasteiger partial charge in [0.05, 0.1) is 12.2 Å². The number of para-hydroxylation sites is 1. The smallest absolute Gasteiger partial charge is 0.349 e. The Balaban J connectivity index is 1.69. The van der Waals surface area contributed by atoms with Crippen molar-refractivity contribution in [3.63, 3.8) is 0 Å². The van der Waals surface area contributed by atoms with Crippen LogP contribution in [0, 0.1) is 13.8 Å². The van der Waals surface area contributed by atoms with E-state index in [0.29, 0.717) is 17.8 Å². The van der Waals surface area contributed by atoms with Gasteiger partial charge < -0.3 is 19.4 Å². The third kappa shape index (κ3) is 5.50. The van der Waals surface area contributed by atoms with Crippen LogP contribution in [0.3, 0.4) is 0 Å². The predicted octanol–water partition coefficient (Wildman–Crippen LogP) is 6.91. The maximum atomic E-state index is 13.7. The lowest BCUT2D eigenvalue weighted by Gasteiger charge is -2.12. The molecule has 0 aliphatic carbocycles. The number of thiophene rings is 1. The average molecular weight is 533 g/mol. The van der Waals surface area contributed by atoms with Crippen molar-refractivity contribution in [2.75, 3.05) is 11.9 Å². The fourth-order valence-electron chi connectivity index (χ4n) is 4.51. The predicted molar refractivity (Wildman–Crippen MR) is 150 cm³/mol. The van der Waals surface area contributed by atoms with E-state index in [0.717, 1.165) is 46.2 Å². The molecule has 2 aromatic heterocycles. The SMILES string of the molecule is CCCCn1c(C(=O)Nc2sc(C(=O)OCc3ccccc3)c(C)c2C(=O)OCC)c(C)c2ccccc21. The number of carbonyl (C=O) groups is 3. The summed E-state index contributed by atoms with van der Waals surface area (Å²) in [6.45, 7) is 8.38. The Morgan fingerprint density at radius 2 is 1.61 bits per heavy atom. The van der Waals surface area contributed by atoms with Gasteiger partial charge in [-0.15, -0.1) is 11.3 Å². The second-order valence-electron chi connectivity index (χ2n) is 8.99. The van der Waals surface area contributed by atoms with Gasteiger partial charge in [0.15, 0.2) is 0 Å². The topological polar surface area (TPSA) is 86.6 Å². The molecular weight excluding hydrogens is 500 g/mol. The van der Waals surface area contributed by atoms with Gasteiger partial charge in [-0.1, -0.05) is 61.9 Å². The van der Waals surface area contributed by atoms with E-state index in [1.807, 2.05) is 66.1 Å². The van der Waals surface area contributed by atoms with Crippen LogP contribution in [0.15, 0.2) is 54.6 Å². The van der Waals surface area contributed by atoms with Crippen LogP contribution in [0.4, 0.5) is 5.00 Å². The van der Waals surface area contributed by atoms with Gasteiger partial charge in [-0.2, -0.15) is 0 Å². The summed E-state index contributed by atoms with van der Waals surface area (Å²) in [4.78, 5) is 39.9. The zero-order valence-electron chi connectivity index (χ0n) is 22.1. The number of nitrogens with zero attached hydrogens (tertiary/aromatic N) is 1. The zero-order valence-corrected chi connectivity index (χ0v) is 22.9. The van der Waals surface area contributed by atoms with Gasteiger partial charge in [-0.05, 0) is 49.9 Å². The van der Waals surface area contributed by atoms with Gasteiger partial charge in [0.2, 0.25) is 0 Å². The lowest BCUT2D eigenvalue weighted by Crippen LogP contribution is -2.19. The first-order valence-corrected chi connectivity index (χ1v) is 13.6. The lowest BCUT2D eigenvalue weighted by atomic mass is 10.1. The third-order valence-corrected chi connectivity index (χ3v) is 7.61. The molecule has 8 heteroatoms. The summed E-state index contributed by atoms with van der Waals surface area (Å²) in [5.41, 5.74) is 3.83. The van der Waals surface area contributed by atoms with Gasteiger partial charge in [-0.3, -0.25) is 4.79 Å². The van der Waals surface area contributed by atoms with Gasteiger partial charge in [0, 0.05) is 17.4 Å². The van der Waals surface area contributed by atoms with Crippen molar-refractivity contribution >= 4 is 45.1 Å². The van der Waals surface area contributed by atoms with E-state index >= 15 is 0 Å². The van der Waals surface area contributed by atoms with E-state index in [4.69, 9.17) is 9.47 Å². The normalized spacial score (nSPS) is 10.9. The number of aromatic nitrogens is 1. The summed E-state index contributed by atoms with van der Waals surface area (Å²) in [7, 11) is 0. The molecule has 4 rings (SSSR count). The van der Waals surface area contributed by atoms with Crippen molar-refractivity contribution in [1.29, 1.82) is 0 Å². The number of esters is 2. The number of ether oxygens (including phenoxy) is 2. The van der Waals surface area contributed by atoms with E-state index in [1.165, 1.54) is 0 Å². The number of aryl methyl sites for hydroxylation is 2. The monoisotopic (exact) mass is 532 g/mol. The number of nitrogens with one attached hydrogen (secondary N) is 1. The second kappa shape index (κ2) is 12.1. The van der Waals surface area contributed by atoms with Gasteiger partial charge >= 0.3 is 11.9 Å². The quantitative estimate of drug-likeness (QED) is 0.224. The molecule has 4 aromatic rings. The van der Waals surface area contributed by atoms with E-state index in [-0.39, 0.29) is 34.6 Å². The lowest BCUT2D eigenvalue weighted by molar-refractivity contribution is 0.0477. The minimum Gasteiger partial charge on any atom is -0.462 e. The van der Waals surface area contributed by atoms with E-state index in [1.54, 1.807) is 13.8 Å². The van der Waals surface area contributed by atoms with Crippen LogP contribution in [0.5, 0.6) is 0 Å². The maximum absolute atomic E-state index is 13.7. The van der Waals surface area contributed by atoms with Gasteiger partial charge in [-0.25, -0.2) is 9.59 Å². The molecule has 7 nitrogen and oxygen atoms in total. The van der Waals surface area contributed by atoms with Crippen molar-refractivity contribution in [3.8, 4) is 0 Å². The number of rotatable bonds is 10. The highest BCUT2D eigenvalue weighted by atomic mass is 32.1. The highest BCUT2D eigenvalue weighted by molar-refractivity contribution is 7.18. The number of hydrogen-bond acceptors (Lipinski definition) is 6. The number of benzene rings is 2. The fourth-order valence-corrected chi connectivity index (χ4v) is 5.60. The molecule has 1 amide bonds. The molecule has 1 N–H and O–H groups in total. The highest BCUT2D eigenvalue weighted by Crippen LogP contribution is 2.36. The standard InChI is InChI=1S/C30H32N2O5S/c1-5-7-17-32-23-16-12-11-15-22(23)19(3)25(32)27(33)31-28-24(29(34)36-6-2)20(4)26(38-28)30(35)37-18-21-13-9-8-10-14-21/h8-16H,5-7,17-18H2,1-4H3,(H,31,33).